The van der Waals surface area contributed by atoms with Gasteiger partial charge in [-0.3, -0.25) is 4.79 Å². The molecule has 0 aliphatic carbocycles. The van der Waals surface area contributed by atoms with Crippen LogP contribution in [0.4, 0.5) is 0 Å². The van der Waals surface area contributed by atoms with Gasteiger partial charge in [-0.2, -0.15) is 0 Å². The molecule has 1 aliphatic heterocycles. The molecule has 0 spiro atoms. The maximum atomic E-state index is 12.1. The molecular weight excluding hydrogens is 298 g/mol. The second kappa shape index (κ2) is 6.21. The monoisotopic (exact) mass is 317 g/mol. The molecule has 6 nitrogen and oxygen atoms in total. The minimum absolute atomic E-state index is 0.135. The molecule has 2 heterocycles. The minimum Gasteiger partial charge on any atom is -0.366 e. The van der Waals surface area contributed by atoms with Crippen LogP contribution in [0.15, 0.2) is 15.7 Å². The fourth-order valence-electron chi connectivity index (χ4n) is 2.33. The molecule has 0 aromatic carbocycles. The van der Waals surface area contributed by atoms with Crippen molar-refractivity contribution >= 4 is 27.3 Å². The van der Waals surface area contributed by atoms with Crippen molar-refractivity contribution in [3.63, 3.8) is 0 Å². The topological polar surface area (TPSA) is 92.5 Å². The zero-order chi connectivity index (χ0) is 14.8. The number of likely N-dealkylation sites (tertiary alicyclic amines) is 1. The fourth-order valence-corrected chi connectivity index (χ4v) is 4.65. The second-order valence-corrected chi connectivity index (χ2v) is 8.05. The Hall–Kier alpha value is -0.960. The van der Waals surface area contributed by atoms with E-state index in [9.17, 15) is 13.2 Å². The Morgan fingerprint density at radius 3 is 2.95 bits per heavy atom. The van der Waals surface area contributed by atoms with Crippen LogP contribution in [-0.4, -0.2) is 45.9 Å². The lowest BCUT2D eigenvalue weighted by atomic mass is 9.99. The number of primary amides is 1. The fraction of sp³-hybridized carbons (Fsp3) is 0.583. The van der Waals surface area contributed by atoms with Crippen LogP contribution < -0.4 is 10.5 Å². The summed E-state index contributed by atoms with van der Waals surface area (Å²) in [5.41, 5.74) is 5.35. The first-order valence-electron chi connectivity index (χ1n) is 6.45. The van der Waals surface area contributed by atoms with Gasteiger partial charge in [0.1, 0.15) is 4.21 Å². The third kappa shape index (κ3) is 3.78. The average molecular weight is 317 g/mol. The van der Waals surface area contributed by atoms with Crippen molar-refractivity contribution in [1.29, 1.82) is 0 Å². The van der Waals surface area contributed by atoms with Crippen LogP contribution in [0, 0.1) is 5.92 Å². The summed E-state index contributed by atoms with van der Waals surface area (Å²) in [5.74, 6) is -0.282. The number of carbonyl (C=O) groups is 1. The van der Waals surface area contributed by atoms with Crippen LogP contribution in [0.3, 0.4) is 0 Å². The third-order valence-electron chi connectivity index (χ3n) is 3.41. The van der Waals surface area contributed by atoms with E-state index in [1.807, 2.05) is 7.05 Å². The Balaban J connectivity index is 1.98. The van der Waals surface area contributed by atoms with Gasteiger partial charge < -0.3 is 10.6 Å². The molecule has 0 bridgehead atoms. The highest BCUT2D eigenvalue weighted by Gasteiger charge is 2.22. The Morgan fingerprint density at radius 1 is 1.60 bits per heavy atom. The molecule has 1 saturated heterocycles. The number of carbonyl (C=O) groups excluding carboxylic acids is 1. The molecule has 0 unspecified atom stereocenters. The number of sulfonamides is 1. The number of nitrogens with two attached hydrogens (primary N) is 1. The summed E-state index contributed by atoms with van der Waals surface area (Å²) >= 11 is 1.01. The van der Waals surface area contributed by atoms with E-state index in [1.54, 1.807) is 0 Å². The summed E-state index contributed by atoms with van der Waals surface area (Å²) in [7, 11) is -1.51. The quantitative estimate of drug-likeness (QED) is 0.825. The second-order valence-electron chi connectivity index (χ2n) is 5.14. The van der Waals surface area contributed by atoms with Crippen LogP contribution in [0.25, 0.3) is 0 Å². The number of hydrogen-bond acceptors (Lipinski definition) is 5. The summed E-state index contributed by atoms with van der Waals surface area (Å²) < 4.78 is 27.0. The lowest BCUT2D eigenvalue weighted by Gasteiger charge is -2.29. The van der Waals surface area contributed by atoms with Crippen molar-refractivity contribution in [2.75, 3.05) is 26.7 Å². The molecule has 0 radical (unpaired) electrons. The van der Waals surface area contributed by atoms with Crippen LogP contribution in [-0.2, 0) is 10.0 Å². The van der Waals surface area contributed by atoms with Gasteiger partial charge >= 0.3 is 0 Å². The molecule has 1 fully saturated rings. The summed E-state index contributed by atoms with van der Waals surface area (Å²) in [6.07, 6.45) is 2.12. The molecule has 8 heteroatoms. The van der Waals surface area contributed by atoms with E-state index in [0.29, 0.717) is 12.5 Å². The van der Waals surface area contributed by atoms with Gasteiger partial charge in [0.05, 0.1) is 5.56 Å². The molecule has 3 N–H and O–H groups in total. The highest BCUT2D eigenvalue weighted by Crippen LogP contribution is 2.21. The first kappa shape index (κ1) is 15.4. The van der Waals surface area contributed by atoms with Crippen LogP contribution >= 0.6 is 11.3 Å². The lowest BCUT2D eigenvalue weighted by Crippen LogP contribution is -2.38. The lowest BCUT2D eigenvalue weighted by molar-refractivity contribution is 0.100. The largest absolute Gasteiger partial charge is 0.366 e. The van der Waals surface area contributed by atoms with Crippen molar-refractivity contribution in [2.45, 2.75) is 17.1 Å². The van der Waals surface area contributed by atoms with Crippen molar-refractivity contribution in [3.8, 4) is 0 Å². The number of nitrogens with one attached hydrogen (secondary N) is 1. The van der Waals surface area contributed by atoms with Gasteiger partial charge in [0.25, 0.3) is 0 Å². The van der Waals surface area contributed by atoms with Gasteiger partial charge in [-0.15, -0.1) is 11.3 Å². The van der Waals surface area contributed by atoms with Gasteiger partial charge in [-0.05, 0) is 38.4 Å². The molecule has 1 amide bonds. The van der Waals surface area contributed by atoms with Crippen LogP contribution in [0.2, 0.25) is 0 Å². The molecular formula is C12H19N3O3S2. The maximum absolute atomic E-state index is 12.1. The van der Waals surface area contributed by atoms with E-state index < -0.39 is 15.9 Å². The molecule has 1 aromatic rings. The Labute approximate surface area is 123 Å². The highest BCUT2D eigenvalue weighted by molar-refractivity contribution is 7.91. The SMILES string of the molecule is CN1CCC[C@H](CNS(=O)(=O)c2cc(C(N)=O)cs2)C1. The molecule has 20 heavy (non-hydrogen) atoms. The Bertz CT molecular complexity index is 583. The molecule has 1 aromatic heterocycles. The van der Waals surface area contributed by atoms with E-state index in [0.717, 1.165) is 37.3 Å². The molecule has 1 aliphatic rings. The van der Waals surface area contributed by atoms with Gasteiger partial charge in [0, 0.05) is 18.5 Å². The standard InChI is InChI=1S/C12H19N3O3S2/c1-15-4-2-3-9(7-15)6-14-20(17,18)11-5-10(8-19-11)12(13)16/h5,8-9,14H,2-4,6-7H2,1H3,(H2,13,16)/t9-/m1/s1. The minimum atomic E-state index is -3.55. The molecule has 2 rings (SSSR count). The summed E-state index contributed by atoms with van der Waals surface area (Å²) in [6.45, 7) is 2.39. The smallest absolute Gasteiger partial charge is 0.250 e. The molecule has 0 saturated carbocycles. The van der Waals surface area contributed by atoms with Gasteiger partial charge in [0.2, 0.25) is 15.9 Å². The van der Waals surface area contributed by atoms with Gasteiger partial charge in [-0.1, -0.05) is 0 Å². The van der Waals surface area contributed by atoms with E-state index in [4.69, 9.17) is 5.73 Å². The van der Waals surface area contributed by atoms with Crippen LogP contribution in [0.1, 0.15) is 23.2 Å². The first-order chi connectivity index (χ1) is 9.38. The number of nitrogens with zero attached hydrogens (tertiary/aromatic N) is 1. The van der Waals surface area contributed by atoms with Crippen molar-refractivity contribution in [2.24, 2.45) is 11.7 Å². The Morgan fingerprint density at radius 2 is 2.35 bits per heavy atom. The highest BCUT2D eigenvalue weighted by atomic mass is 32.2. The number of piperidine rings is 1. The first-order valence-corrected chi connectivity index (χ1v) is 8.81. The van der Waals surface area contributed by atoms with Crippen molar-refractivity contribution < 1.29 is 13.2 Å². The molecule has 1 atom stereocenters. The van der Waals surface area contributed by atoms with E-state index in [2.05, 4.69) is 9.62 Å². The van der Waals surface area contributed by atoms with E-state index in [-0.39, 0.29) is 9.77 Å². The number of thiophene rings is 1. The zero-order valence-corrected chi connectivity index (χ0v) is 13.0. The summed E-state index contributed by atoms with van der Waals surface area (Å²) in [5, 5.41) is 1.46. The number of hydrogen-bond donors (Lipinski definition) is 2. The van der Waals surface area contributed by atoms with E-state index in [1.165, 1.54) is 11.4 Å². The number of amides is 1. The zero-order valence-electron chi connectivity index (χ0n) is 11.3. The van der Waals surface area contributed by atoms with E-state index >= 15 is 0 Å². The predicted molar refractivity (Wildman–Crippen MR) is 78.2 cm³/mol. The average Bonchev–Trinajstić information content (AvgIpc) is 2.87. The summed E-state index contributed by atoms with van der Waals surface area (Å²) in [4.78, 5) is 13.2. The summed E-state index contributed by atoms with van der Waals surface area (Å²) in [6, 6.07) is 1.32. The number of rotatable bonds is 5. The third-order valence-corrected chi connectivity index (χ3v) is 6.27. The van der Waals surface area contributed by atoms with Gasteiger partial charge in [0.15, 0.2) is 0 Å². The van der Waals surface area contributed by atoms with Crippen molar-refractivity contribution in [1.82, 2.24) is 9.62 Å². The maximum Gasteiger partial charge on any atom is 0.250 e. The van der Waals surface area contributed by atoms with Crippen molar-refractivity contribution in [3.05, 3.63) is 17.0 Å². The van der Waals surface area contributed by atoms with Gasteiger partial charge in [-0.25, -0.2) is 13.1 Å². The Kier molecular flexibility index (Phi) is 4.79. The molecule has 112 valence electrons. The normalized spacial score (nSPS) is 20.9. The van der Waals surface area contributed by atoms with Crippen LogP contribution in [0.5, 0.6) is 0 Å². The predicted octanol–water partition coefficient (Wildman–Crippen LogP) is 0.467.